The van der Waals surface area contributed by atoms with Gasteiger partial charge in [0.05, 0.1) is 0 Å². The van der Waals surface area contributed by atoms with Crippen molar-refractivity contribution < 1.29 is 23.5 Å². The number of halogens is 2. The Labute approximate surface area is 163 Å². The van der Waals surface area contributed by atoms with Crippen LogP contribution < -0.4 is 10.6 Å². The minimum Gasteiger partial charge on any atom is -0.452 e. The van der Waals surface area contributed by atoms with Gasteiger partial charge in [0.25, 0.3) is 11.8 Å². The summed E-state index contributed by atoms with van der Waals surface area (Å²) in [4.78, 5) is 35.1. The molecule has 2 amide bonds. The van der Waals surface area contributed by atoms with E-state index in [0.29, 0.717) is 15.7 Å². The van der Waals surface area contributed by atoms with Gasteiger partial charge in [0.1, 0.15) is 5.82 Å². The van der Waals surface area contributed by atoms with Crippen molar-refractivity contribution in [1.29, 1.82) is 0 Å². The number of hydrogen-bond acceptors (Lipinski definition) is 4. The Kier molecular flexibility index (Phi) is 7.25. The van der Waals surface area contributed by atoms with E-state index < -0.39 is 24.3 Å². The van der Waals surface area contributed by atoms with Crippen molar-refractivity contribution in [3.8, 4) is 0 Å². The maximum atomic E-state index is 13.6. The Morgan fingerprint density at radius 3 is 2.70 bits per heavy atom. The molecule has 0 aromatic heterocycles. The summed E-state index contributed by atoms with van der Waals surface area (Å²) in [5.41, 5.74) is 0.979. The fraction of sp³-hybridized carbons (Fsp3) is 0.105. The summed E-state index contributed by atoms with van der Waals surface area (Å²) in [7, 11) is 1.50. The highest BCUT2D eigenvalue weighted by Gasteiger charge is 2.08. The van der Waals surface area contributed by atoms with Gasteiger partial charge in [-0.15, -0.1) is 0 Å². The molecule has 2 N–H and O–H groups in total. The summed E-state index contributed by atoms with van der Waals surface area (Å²) >= 11 is 3.21. The molecule has 2 aromatic rings. The predicted octanol–water partition coefficient (Wildman–Crippen LogP) is 3.14. The van der Waals surface area contributed by atoms with E-state index in [9.17, 15) is 18.8 Å². The van der Waals surface area contributed by atoms with E-state index in [4.69, 9.17) is 4.74 Å². The van der Waals surface area contributed by atoms with E-state index in [1.165, 1.54) is 37.4 Å². The Bertz CT molecular complexity index is 899. The number of benzene rings is 2. The maximum absolute atomic E-state index is 13.6. The van der Waals surface area contributed by atoms with Gasteiger partial charge in [-0.2, -0.15) is 0 Å². The zero-order valence-electron chi connectivity index (χ0n) is 14.3. The first-order chi connectivity index (χ1) is 12.9. The van der Waals surface area contributed by atoms with Crippen LogP contribution in [0.15, 0.2) is 53.0 Å². The topological polar surface area (TPSA) is 84.5 Å². The standard InChI is InChI=1S/C19H16BrFN2O4/c1-22-19(26)13-3-2-4-15(10-13)23-17(24)11-27-18(25)8-5-12-9-14(20)6-7-16(12)21/h2-10H,11H2,1H3,(H,22,26)(H,23,24)/b8-5+. The van der Waals surface area contributed by atoms with Crippen LogP contribution in [0.1, 0.15) is 15.9 Å². The van der Waals surface area contributed by atoms with E-state index in [-0.39, 0.29) is 11.5 Å². The average molecular weight is 435 g/mol. The van der Waals surface area contributed by atoms with Crippen molar-refractivity contribution >= 4 is 45.5 Å². The third-order valence-electron chi connectivity index (χ3n) is 3.34. The van der Waals surface area contributed by atoms with Crippen LogP contribution in [0.4, 0.5) is 10.1 Å². The van der Waals surface area contributed by atoms with E-state index in [1.54, 1.807) is 18.2 Å². The first-order valence-electron chi connectivity index (χ1n) is 7.81. The van der Waals surface area contributed by atoms with Gasteiger partial charge in [0.15, 0.2) is 6.61 Å². The second kappa shape index (κ2) is 9.63. The molecule has 6 nitrogen and oxygen atoms in total. The van der Waals surface area contributed by atoms with E-state index in [1.807, 2.05) is 0 Å². The van der Waals surface area contributed by atoms with Crippen LogP contribution in [0.3, 0.4) is 0 Å². The van der Waals surface area contributed by atoms with Gasteiger partial charge < -0.3 is 15.4 Å². The third kappa shape index (κ3) is 6.34. The van der Waals surface area contributed by atoms with Crippen molar-refractivity contribution in [2.24, 2.45) is 0 Å². The van der Waals surface area contributed by atoms with Gasteiger partial charge in [-0.25, -0.2) is 9.18 Å². The van der Waals surface area contributed by atoms with Crippen LogP contribution in [0.25, 0.3) is 6.08 Å². The predicted molar refractivity (Wildman–Crippen MR) is 103 cm³/mol. The quantitative estimate of drug-likeness (QED) is 0.540. The maximum Gasteiger partial charge on any atom is 0.331 e. The monoisotopic (exact) mass is 434 g/mol. The number of anilines is 1. The van der Waals surface area contributed by atoms with Crippen LogP contribution in [0.2, 0.25) is 0 Å². The molecular formula is C19H16BrFN2O4. The summed E-state index contributed by atoms with van der Waals surface area (Å²) in [5.74, 6) is -2.14. The van der Waals surface area contributed by atoms with Crippen LogP contribution >= 0.6 is 15.9 Å². The molecule has 27 heavy (non-hydrogen) atoms. The molecule has 0 aliphatic carbocycles. The van der Waals surface area contributed by atoms with Gasteiger partial charge in [0.2, 0.25) is 0 Å². The molecule has 0 spiro atoms. The molecule has 0 fully saturated rings. The average Bonchev–Trinajstić information content (AvgIpc) is 2.66. The molecule has 2 rings (SSSR count). The largest absolute Gasteiger partial charge is 0.452 e. The molecule has 0 heterocycles. The molecule has 140 valence electrons. The molecule has 2 aromatic carbocycles. The number of hydrogen-bond donors (Lipinski definition) is 2. The van der Waals surface area contributed by atoms with Gasteiger partial charge in [-0.05, 0) is 42.5 Å². The number of amides is 2. The van der Waals surface area contributed by atoms with Crippen molar-refractivity contribution in [3.05, 3.63) is 70.0 Å². The van der Waals surface area contributed by atoms with Crippen LogP contribution in [0, 0.1) is 5.82 Å². The summed E-state index contributed by atoms with van der Waals surface area (Å²) in [6.07, 6.45) is 2.29. The molecule has 0 saturated heterocycles. The highest BCUT2D eigenvalue weighted by atomic mass is 79.9. The molecule has 0 bridgehead atoms. The van der Waals surface area contributed by atoms with Gasteiger partial charge in [-0.1, -0.05) is 22.0 Å². The van der Waals surface area contributed by atoms with E-state index >= 15 is 0 Å². The van der Waals surface area contributed by atoms with E-state index in [2.05, 4.69) is 26.6 Å². The molecule has 8 heteroatoms. The normalized spacial score (nSPS) is 10.5. The van der Waals surface area contributed by atoms with Crippen LogP contribution in [0.5, 0.6) is 0 Å². The minimum absolute atomic E-state index is 0.205. The van der Waals surface area contributed by atoms with Crippen molar-refractivity contribution in [1.82, 2.24) is 5.32 Å². The fourth-order valence-corrected chi connectivity index (χ4v) is 2.44. The lowest BCUT2D eigenvalue weighted by molar-refractivity contribution is -0.142. The van der Waals surface area contributed by atoms with Gasteiger partial charge in [0, 0.05) is 34.4 Å². The molecule has 0 radical (unpaired) electrons. The molecule has 0 aliphatic rings. The number of nitrogens with one attached hydrogen (secondary N) is 2. The van der Waals surface area contributed by atoms with Crippen LogP contribution in [-0.2, 0) is 14.3 Å². The Hall–Kier alpha value is -3.00. The first kappa shape index (κ1) is 20.3. The number of esters is 1. The van der Waals surface area contributed by atoms with Gasteiger partial charge >= 0.3 is 5.97 Å². The zero-order valence-corrected chi connectivity index (χ0v) is 15.9. The fourth-order valence-electron chi connectivity index (χ4n) is 2.06. The number of ether oxygens (including phenoxy) is 1. The van der Waals surface area contributed by atoms with E-state index in [0.717, 1.165) is 6.08 Å². The smallest absolute Gasteiger partial charge is 0.331 e. The number of carbonyl (C=O) groups is 3. The van der Waals surface area contributed by atoms with Crippen LogP contribution in [-0.4, -0.2) is 31.4 Å². The summed E-state index contributed by atoms with van der Waals surface area (Å²) in [5, 5.41) is 5.00. The highest BCUT2D eigenvalue weighted by molar-refractivity contribution is 9.10. The van der Waals surface area contributed by atoms with Gasteiger partial charge in [-0.3, -0.25) is 9.59 Å². The van der Waals surface area contributed by atoms with Crippen molar-refractivity contribution in [3.63, 3.8) is 0 Å². The first-order valence-corrected chi connectivity index (χ1v) is 8.60. The lowest BCUT2D eigenvalue weighted by Gasteiger charge is -2.07. The lowest BCUT2D eigenvalue weighted by atomic mass is 10.2. The van der Waals surface area contributed by atoms with Crippen molar-refractivity contribution in [2.75, 3.05) is 19.0 Å². The second-order valence-corrected chi connectivity index (χ2v) is 6.23. The molecular weight excluding hydrogens is 419 g/mol. The lowest BCUT2D eigenvalue weighted by Crippen LogP contribution is -2.21. The Balaban J connectivity index is 1.88. The summed E-state index contributed by atoms with van der Waals surface area (Å²) in [6.45, 7) is -0.520. The molecule has 0 aliphatic heterocycles. The Morgan fingerprint density at radius 1 is 1.19 bits per heavy atom. The zero-order chi connectivity index (χ0) is 19.8. The number of rotatable bonds is 6. The van der Waals surface area contributed by atoms with Crippen molar-refractivity contribution in [2.45, 2.75) is 0 Å². The molecule has 0 unspecified atom stereocenters. The Morgan fingerprint density at radius 2 is 1.96 bits per heavy atom. The SMILES string of the molecule is CNC(=O)c1cccc(NC(=O)COC(=O)/C=C/c2cc(Br)ccc2F)c1. The third-order valence-corrected chi connectivity index (χ3v) is 3.83. The second-order valence-electron chi connectivity index (χ2n) is 5.31. The highest BCUT2D eigenvalue weighted by Crippen LogP contribution is 2.16. The number of carbonyl (C=O) groups excluding carboxylic acids is 3. The molecule has 0 atom stereocenters. The minimum atomic E-state index is -0.788. The summed E-state index contributed by atoms with van der Waals surface area (Å²) < 4.78 is 19.1. The molecule has 0 saturated carbocycles. The summed E-state index contributed by atoms with van der Waals surface area (Å²) in [6, 6.07) is 10.6.